The summed E-state index contributed by atoms with van der Waals surface area (Å²) in [6.07, 6.45) is 6.24. The molecular formula is C19H23NOS. The van der Waals surface area contributed by atoms with Crippen LogP contribution in [0.5, 0.6) is 0 Å². The molecular weight excluding hydrogens is 290 g/mol. The van der Waals surface area contributed by atoms with Crippen LogP contribution in [-0.2, 0) is 6.54 Å². The first-order valence-electron chi connectivity index (χ1n) is 7.66. The predicted octanol–water partition coefficient (Wildman–Crippen LogP) is 5.67. The monoisotopic (exact) mass is 313 g/mol. The lowest BCUT2D eigenvalue weighted by molar-refractivity contribution is 0.363. The first-order chi connectivity index (χ1) is 10.8. The summed E-state index contributed by atoms with van der Waals surface area (Å²) in [6, 6.07) is 12.4. The van der Waals surface area contributed by atoms with Crippen molar-refractivity contribution < 1.29 is 4.42 Å². The Balaban J connectivity index is 0.000000847. The molecule has 2 nitrogen and oxygen atoms in total. The number of para-hydroxylation sites is 1. The van der Waals surface area contributed by atoms with Gasteiger partial charge >= 0.3 is 0 Å². The van der Waals surface area contributed by atoms with Crippen LogP contribution in [0.2, 0.25) is 0 Å². The molecule has 0 saturated carbocycles. The number of thiophene rings is 1. The molecule has 3 heteroatoms. The van der Waals surface area contributed by atoms with E-state index in [0.717, 1.165) is 18.7 Å². The molecule has 0 aliphatic carbocycles. The van der Waals surface area contributed by atoms with Crippen LogP contribution in [0.1, 0.15) is 24.3 Å². The van der Waals surface area contributed by atoms with Crippen molar-refractivity contribution in [2.24, 2.45) is 0 Å². The van der Waals surface area contributed by atoms with E-state index in [2.05, 4.69) is 53.7 Å². The zero-order valence-corrected chi connectivity index (χ0v) is 14.3. The smallest absolute Gasteiger partial charge is 0.134 e. The molecule has 0 unspecified atom stereocenters. The molecule has 0 aliphatic rings. The number of furan rings is 1. The van der Waals surface area contributed by atoms with Crippen molar-refractivity contribution in [3.63, 3.8) is 0 Å². The third-order valence-corrected chi connectivity index (χ3v) is 4.08. The molecule has 0 N–H and O–H groups in total. The highest BCUT2D eigenvalue weighted by Gasteiger charge is 2.06. The van der Waals surface area contributed by atoms with E-state index in [1.807, 2.05) is 32.2 Å². The van der Waals surface area contributed by atoms with Crippen molar-refractivity contribution >= 4 is 28.4 Å². The zero-order chi connectivity index (χ0) is 15.8. The van der Waals surface area contributed by atoms with E-state index in [4.69, 9.17) is 4.42 Å². The number of hydrogen-bond acceptors (Lipinski definition) is 3. The fraction of sp³-hybridized carbons (Fsp3) is 0.263. The lowest BCUT2D eigenvalue weighted by Gasteiger charge is -2.12. The summed E-state index contributed by atoms with van der Waals surface area (Å²) in [5.41, 5.74) is 2.21. The first kappa shape index (κ1) is 16.5. The minimum Gasteiger partial charge on any atom is -0.464 e. The van der Waals surface area contributed by atoms with Crippen LogP contribution in [0.3, 0.4) is 0 Å². The van der Waals surface area contributed by atoms with Gasteiger partial charge in [0.05, 0.1) is 6.26 Å². The Bertz CT molecular complexity index is 697. The van der Waals surface area contributed by atoms with E-state index in [1.165, 1.54) is 15.8 Å². The van der Waals surface area contributed by atoms with Gasteiger partial charge in [0, 0.05) is 28.9 Å². The van der Waals surface area contributed by atoms with E-state index in [1.54, 1.807) is 11.3 Å². The van der Waals surface area contributed by atoms with Crippen LogP contribution in [0.25, 0.3) is 17.0 Å². The number of hydrogen-bond donors (Lipinski definition) is 0. The van der Waals surface area contributed by atoms with Crippen LogP contribution in [0.15, 0.2) is 58.5 Å². The average Bonchev–Trinajstić information content (AvgIpc) is 3.20. The molecule has 0 radical (unpaired) electrons. The van der Waals surface area contributed by atoms with Gasteiger partial charge in [0.25, 0.3) is 0 Å². The Kier molecular flexibility index (Phi) is 6.44. The van der Waals surface area contributed by atoms with E-state index in [9.17, 15) is 0 Å². The SMILES string of the molecule is CC.CN(C/C=C/c1cccs1)Cc1coc2ccccc12. The molecule has 22 heavy (non-hydrogen) atoms. The van der Waals surface area contributed by atoms with Crippen molar-refractivity contribution in [2.45, 2.75) is 20.4 Å². The molecule has 0 aliphatic heterocycles. The van der Waals surface area contributed by atoms with E-state index in [0.29, 0.717) is 0 Å². The standard InChI is InChI=1S/C17H17NOS.C2H6/c1-18(10-4-6-15-7-5-11-20-15)12-14-13-19-17-9-3-2-8-16(14)17;1-2/h2-9,11,13H,10,12H2,1H3;1-2H3/b6-4+;. The molecule has 0 saturated heterocycles. The van der Waals surface area contributed by atoms with Gasteiger partial charge in [0.1, 0.15) is 5.58 Å². The summed E-state index contributed by atoms with van der Waals surface area (Å²) in [5.74, 6) is 0. The van der Waals surface area contributed by atoms with Crippen molar-refractivity contribution in [1.29, 1.82) is 0 Å². The third-order valence-electron chi connectivity index (χ3n) is 3.24. The number of likely N-dealkylation sites (N-methyl/N-ethyl adjacent to an activating group) is 1. The molecule has 0 fully saturated rings. The zero-order valence-electron chi connectivity index (χ0n) is 13.5. The third kappa shape index (κ3) is 4.33. The molecule has 0 amide bonds. The lowest BCUT2D eigenvalue weighted by atomic mass is 10.1. The van der Waals surface area contributed by atoms with Gasteiger partial charge in [-0.1, -0.05) is 44.2 Å². The van der Waals surface area contributed by atoms with Gasteiger partial charge in [-0.15, -0.1) is 11.3 Å². The van der Waals surface area contributed by atoms with Crippen molar-refractivity contribution in [2.75, 3.05) is 13.6 Å². The largest absolute Gasteiger partial charge is 0.464 e. The maximum atomic E-state index is 5.57. The molecule has 2 aromatic heterocycles. The number of rotatable bonds is 5. The van der Waals surface area contributed by atoms with Crippen LogP contribution in [0.4, 0.5) is 0 Å². The summed E-state index contributed by atoms with van der Waals surface area (Å²) in [7, 11) is 2.13. The fourth-order valence-corrected chi connectivity index (χ4v) is 2.89. The number of fused-ring (bicyclic) bond motifs is 1. The Hall–Kier alpha value is -1.84. The molecule has 0 atom stereocenters. The summed E-state index contributed by atoms with van der Waals surface area (Å²) in [6.45, 7) is 5.82. The minimum atomic E-state index is 0.895. The molecule has 116 valence electrons. The summed E-state index contributed by atoms with van der Waals surface area (Å²) >= 11 is 1.76. The average molecular weight is 313 g/mol. The molecule has 3 aromatic rings. The first-order valence-corrected chi connectivity index (χ1v) is 8.54. The van der Waals surface area contributed by atoms with Crippen LogP contribution >= 0.6 is 11.3 Å². The molecule has 3 rings (SSSR count). The van der Waals surface area contributed by atoms with Gasteiger partial charge in [-0.05, 0) is 30.6 Å². The number of nitrogens with zero attached hydrogens (tertiary/aromatic N) is 1. The minimum absolute atomic E-state index is 0.895. The van der Waals surface area contributed by atoms with Crippen molar-refractivity contribution in [3.05, 3.63) is 64.6 Å². The van der Waals surface area contributed by atoms with Crippen LogP contribution < -0.4 is 0 Å². The second-order valence-corrected chi connectivity index (χ2v) is 5.85. The van der Waals surface area contributed by atoms with Crippen LogP contribution in [0, 0.1) is 0 Å². The lowest BCUT2D eigenvalue weighted by Crippen LogP contribution is -2.17. The van der Waals surface area contributed by atoms with E-state index >= 15 is 0 Å². The van der Waals surface area contributed by atoms with Gasteiger partial charge in [0.2, 0.25) is 0 Å². The predicted molar refractivity (Wildman–Crippen MR) is 97.2 cm³/mol. The van der Waals surface area contributed by atoms with Gasteiger partial charge in [-0.25, -0.2) is 0 Å². The molecule has 2 heterocycles. The topological polar surface area (TPSA) is 16.4 Å². The Labute approximate surface area is 136 Å². The van der Waals surface area contributed by atoms with Crippen molar-refractivity contribution in [3.8, 4) is 0 Å². The number of benzene rings is 1. The second kappa shape index (κ2) is 8.57. The molecule has 0 bridgehead atoms. The van der Waals surface area contributed by atoms with Gasteiger partial charge in [-0.3, -0.25) is 4.90 Å². The summed E-state index contributed by atoms with van der Waals surface area (Å²) in [4.78, 5) is 3.58. The Morgan fingerprint density at radius 2 is 1.95 bits per heavy atom. The van der Waals surface area contributed by atoms with Crippen LogP contribution in [-0.4, -0.2) is 18.5 Å². The molecule has 1 aromatic carbocycles. The Morgan fingerprint density at radius 1 is 1.14 bits per heavy atom. The Morgan fingerprint density at radius 3 is 2.73 bits per heavy atom. The maximum absolute atomic E-state index is 5.57. The summed E-state index contributed by atoms with van der Waals surface area (Å²) < 4.78 is 5.57. The van der Waals surface area contributed by atoms with E-state index in [-0.39, 0.29) is 0 Å². The van der Waals surface area contributed by atoms with Gasteiger partial charge in [0.15, 0.2) is 0 Å². The quantitative estimate of drug-likeness (QED) is 0.604. The van der Waals surface area contributed by atoms with Gasteiger partial charge < -0.3 is 4.42 Å². The highest BCUT2D eigenvalue weighted by molar-refractivity contribution is 7.10. The highest BCUT2D eigenvalue weighted by Crippen LogP contribution is 2.21. The normalized spacial score (nSPS) is 11.1. The van der Waals surface area contributed by atoms with E-state index < -0.39 is 0 Å². The summed E-state index contributed by atoms with van der Waals surface area (Å²) in [5, 5.41) is 3.31. The molecule has 0 spiro atoms. The van der Waals surface area contributed by atoms with Gasteiger partial charge in [-0.2, -0.15) is 0 Å². The fourth-order valence-electron chi connectivity index (χ4n) is 2.25. The maximum Gasteiger partial charge on any atom is 0.134 e. The van der Waals surface area contributed by atoms with Crippen molar-refractivity contribution in [1.82, 2.24) is 4.90 Å². The second-order valence-electron chi connectivity index (χ2n) is 4.87. The highest BCUT2D eigenvalue weighted by atomic mass is 32.1.